The third-order valence-electron chi connectivity index (χ3n) is 3.25. The monoisotopic (exact) mass is 270 g/mol. The van der Waals surface area contributed by atoms with Crippen LogP contribution in [0.1, 0.15) is 23.2 Å². The average molecular weight is 271 g/mol. The molecule has 0 saturated carbocycles. The molecule has 1 aromatic carbocycles. The lowest BCUT2D eigenvalue weighted by Crippen LogP contribution is -2.40. The number of rotatable bonds is 2. The van der Waals surface area contributed by atoms with Gasteiger partial charge < -0.3 is 15.4 Å². The number of ether oxygens (including phenoxy) is 1. The van der Waals surface area contributed by atoms with Crippen molar-refractivity contribution in [2.24, 2.45) is 0 Å². The molecule has 1 fully saturated rings. The van der Waals surface area contributed by atoms with Gasteiger partial charge in [0.2, 0.25) is 0 Å². The molecule has 0 radical (unpaired) electrons. The lowest BCUT2D eigenvalue weighted by molar-refractivity contribution is 0.0351. The molecular weight excluding hydrogens is 252 g/mol. The predicted molar refractivity (Wildman–Crippen MR) is 74.0 cm³/mol. The molecule has 4 nitrogen and oxygen atoms in total. The summed E-state index contributed by atoms with van der Waals surface area (Å²) in [5, 5.41) is 0. The first-order valence-corrected chi connectivity index (χ1v) is 5.89. The van der Waals surface area contributed by atoms with Gasteiger partial charge in [-0.25, -0.2) is 0 Å². The lowest BCUT2D eigenvalue weighted by atomic mass is 10.1. The number of likely N-dealkylation sites (tertiary alicyclic amines) is 1. The fraction of sp³-hybridized carbons (Fsp3) is 0.462. The molecule has 1 aliphatic rings. The van der Waals surface area contributed by atoms with Crippen LogP contribution in [0, 0.1) is 0 Å². The van der Waals surface area contributed by atoms with E-state index in [4.69, 9.17) is 10.5 Å². The van der Waals surface area contributed by atoms with E-state index < -0.39 is 0 Å². The SMILES string of the molecule is COC1CCN(C(=O)c2ccccc2N)CC1.Cl. The quantitative estimate of drug-likeness (QED) is 0.836. The Morgan fingerprint density at radius 2 is 1.94 bits per heavy atom. The van der Waals surface area contributed by atoms with E-state index in [9.17, 15) is 4.79 Å². The summed E-state index contributed by atoms with van der Waals surface area (Å²) in [5.74, 6) is 0.0256. The lowest BCUT2D eigenvalue weighted by Gasteiger charge is -2.31. The summed E-state index contributed by atoms with van der Waals surface area (Å²) in [6, 6.07) is 7.21. The average Bonchev–Trinajstić information content (AvgIpc) is 2.39. The summed E-state index contributed by atoms with van der Waals surface area (Å²) in [4.78, 5) is 14.1. The van der Waals surface area contributed by atoms with Crippen molar-refractivity contribution in [3.8, 4) is 0 Å². The van der Waals surface area contributed by atoms with Crippen LogP contribution in [0.15, 0.2) is 24.3 Å². The molecule has 1 aromatic rings. The molecule has 1 saturated heterocycles. The Bertz CT molecular complexity index is 404. The van der Waals surface area contributed by atoms with E-state index in [1.54, 1.807) is 19.2 Å². The Balaban J connectivity index is 0.00000162. The summed E-state index contributed by atoms with van der Waals surface area (Å²) >= 11 is 0. The maximum atomic E-state index is 12.2. The summed E-state index contributed by atoms with van der Waals surface area (Å²) in [5.41, 5.74) is 6.96. The molecule has 2 N–H and O–H groups in total. The van der Waals surface area contributed by atoms with Gasteiger partial charge in [-0.1, -0.05) is 12.1 Å². The fourth-order valence-electron chi connectivity index (χ4n) is 2.16. The molecule has 0 aliphatic carbocycles. The number of nitrogens with two attached hydrogens (primary N) is 1. The van der Waals surface area contributed by atoms with Crippen LogP contribution in [0.3, 0.4) is 0 Å². The number of para-hydroxylation sites is 1. The Hall–Kier alpha value is -1.26. The Morgan fingerprint density at radius 3 is 2.50 bits per heavy atom. The third-order valence-corrected chi connectivity index (χ3v) is 3.25. The molecule has 100 valence electrons. The maximum absolute atomic E-state index is 12.2. The highest BCUT2D eigenvalue weighted by molar-refractivity contribution is 5.99. The molecule has 0 atom stereocenters. The van der Waals surface area contributed by atoms with Gasteiger partial charge in [0.15, 0.2) is 0 Å². The van der Waals surface area contributed by atoms with Crippen molar-refractivity contribution in [2.75, 3.05) is 25.9 Å². The highest BCUT2D eigenvalue weighted by Gasteiger charge is 2.24. The second-order valence-electron chi connectivity index (χ2n) is 4.31. The van der Waals surface area contributed by atoms with E-state index >= 15 is 0 Å². The van der Waals surface area contributed by atoms with E-state index in [-0.39, 0.29) is 24.4 Å². The van der Waals surface area contributed by atoms with Gasteiger partial charge >= 0.3 is 0 Å². The molecule has 5 heteroatoms. The zero-order valence-electron chi connectivity index (χ0n) is 10.5. The van der Waals surface area contributed by atoms with Gasteiger partial charge in [0.05, 0.1) is 11.7 Å². The first kappa shape index (κ1) is 14.8. The van der Waals surface area contributed by atoms with Crippen LogP contribution in [0.4, 0.5) is 5.69 Å². The van der Waals surface area contributed by atoms with Crippen LogP contribution in [0.25, 0.3) is 0 Å². The minimum atomic E-state index is 0. The topological polar surface area (TPSA) is 55.6 Å². The number of halogens is 1. The second kappa shape index (κ2) is 6.61. The van der Waals surface area contributed by atoms with Crippen LogP contribution in [0.2, 0.25) is 0 Å². The zero-order valence-corrected chi connectivity index (χ0v) is 11.3. The number of piperidine rings is 1. The Labute approximate surface area is 114 Å². The van der Waals surface area contributed by atoms with E-state index in [0.29, 0.717) is 11.3 Å². The van der Waals surface area contributed by atoms with Gasteiger partial charge in [0.1, 0.15) is 0 Å². The van der Waals surface area contributed by atoms with Crippen molar-refractivity contribution in [1.82, 2.24) is 4.90 Å². The van der Waals surface area contributed by atoms with Crippen molar-refractivity contribution in [3.63, 3.8) is 0 Å². The molecule has 0 aromatic heterocycles. The van der Waals surface area contributed by atoms with E-state index in [1.165, 1.54) is 0 Å². The highest BCUT2D eigenvalue weighted by atomic mass is 35.5. The molecule has 1 aliphatic heterocycles. The number of nitrogens with zero attached hydrogens (tertiary/aromatic N) is 1. The van der Waals surface area contributed by atoms with Crippen molar-refractivity contribution in [2.45, 2.75) is 18.9 Å². The fourth-order valence-corrected chi connectivity index (χ4v) is 2.16. The van der Waals surface area contributed by atoms with Crippen molar-refractivity contribution in [1.29, 1.82) is 0 Å². The second-order valence-corrected chi connectivity index (χ2v) is 4.31. The number of benzene rings is 1. The minimum Gasteiger partial charge on any atom is -0.398 e. The van der Waals surface area contributed by atoms with Crippen molar-refractivity contribution < 1.29 is 9.53 Å². The van der Waals surface area contributed by atoms with Crippen LogP contribution < -0.4 is 5.73 Å². The van der Waals surface area contributed by atoms with E-state index in [1.807, 2.05) is 17.0 Å². The minimum absolute atomic E-state index is 0. The van der Waals surface area contributed by atoms with Gasteiger partial charge in [0.25, 0.3) is 5.91 Å². The molecule has 1 heterocycles. The first-order valence-electron chi connectivity index (χ1n) is 5.89. The van der Waals surface area contributed by atoms with Gasteiger partial charge in [-0.15, -0.1) is 12.4 Å². The number of carbonyl (C=O) groups excluding carboxylic acids is 1. The molecule has 1 amide bonds. The van der Waals surface area contributed by atoms with Crippen molar-refractivity contribution in [3.05, 3.63) is 29.8 Å². The van der Waals surface area contributed by atoms with Crippen molar-refractivity contribution >= 4 is 24.0 Å². The molecular formula is C13H19ClN2O2. The van der Waals surface area contributed by atoms with Crippen LogP contribution in [-0.4, -0.2) is 37.1 Å². The number of hydrogen-bond donors (Lipinski definition) is 1. The molecule has 2 rings (SSSR count). The number of amides is 1. The summed E-state index contributed by atoms with van der Waals surface area (Å²) in [6.45, 7) is 1.48. The summed E-state index contributed by atoms with van der Waals surface area (Å²) < 4.78 is 5.29. The number of methoxy groups -OCH3 is 1. The van der Waals surface area contributed by atoms with E-state index in [2.05, 4.69) is 0 Å². The normalized spacial score (nSPS) is 16.2. The van der Waals surface area contributed by atoms with Gasteiger partial charge in [-0.2, -0.15) is 0 Å². The van der Waals surface area contributed by atoms with Crippen LogP contribution in [-0.2, 0) is 4.74 Å². The van der Waals surface area contributed by atoms with Gasteiger partial charge in [0, 0.05) is 25.9 Å². The Kier molecular flexibility index (Phi) is 5.44. The van der Waals surface area contributed by atoms with Gasteiger partial charge in [-0.05, 0) is 25.0 Å². The first-order chi connectivity index (χ1) is 8.22. The summed E-state index contributed by atoms with van der Waals surface area (Å²) in [7, 11) is 1.72. The van der Waals surface area contributed by atoms with Crippen LogP contribution in [0.5, 0.6) is 0 Å². The Morgan fingerprint density at radius 1 is 1.33 bits per heavy atom. The van der Waals surface area contributed by atoms with Crippen LogP contribution >= 0.6 is 12.4 Å². The third kappa shape index (κ3) is 3.15. The van der Waals surface area contributed by atoms with Gasteiger partial charge in [-0.3, -0.25) is 4.79 Å². The molecule has 0 spiro atoms. The maximum Gasteiger partial charge on any atom is 0.255 e. The molecule has 18 heavy (non-hydrogen) atoms. The largest absolute Gasteiger partial charge is 0.398 e. The zero-order chi connectivity index (χ0) is 12.3. The number of nitrogen functional groups attached to an aromatic ring is 1. The summed E-state index contributed by atoms with van der Waals surface area (Å²) in [6.07, 6.45) is 2.08. The predicted octanol–water partition coefficient (Wildman–Crippen LogP) is 1.94. The highest BCUT2D eigenvalue weighted by Crippen LogP contribution is 2.18. The number of anilines is 1. The number of carbonyl (C=O) groups is 1. The number of hydrogen-bond acceptors (Lipinski definition) is 3. The smallest absolute Gasteiger partial charge is 0.255 e. The molecule has 0 bridgehead atoms. The molecule has 0 unspecified atom stereocenters. The van der Waals surface area contributed by atoms with E-state index in [0.717, 1.165) is 25.9 Å². The standard InChI is InChI=1S/C13H18N2O2.ClH/c1-17-10-6-8-15(9-7-10)13(16)11-4-2-3-5-12(11)14;/h2-5,10H,6-9,14H2,1H3;1H.